The molecule has 146 valence electrons. The number of nitrogens with zero attached hydrogens (tertiary/aromatic N) is 3. The normalized spacial score (nSPS) is 15.8. The summed E-state index contributed by atoms with van der Waals surface area (Å²) in [5, 5.41) is 0. The Morgan fingerprint density at radius 1 is 1.19 bits per heavy atom. The van der Waals surface area contributed by atoms with Crippen LogP contribution in [-0.2, 0) is 20.6 Å². The lowest BCUT2D eigenvalue weighted by Gasteiger charge is -2.33. The fraction of sp³-hybridized carbons (Fsp3) is 0.412. The van der Waals surface area contributed by atoms with Crippen LogP contribution in [0.4, 0.5) is 0 Å². The van der Waals surface area contributed by atoms with Gasteiger partial charge in [0.25, 0.3) is 10.0 Å². The number of pyridine rings is 1. The molecule has 0 saturated carbocycles. The third kappa shape index (κ3) is 5.54. The fourth-order valence-corrected chi connectivity index (χ4v) is 7.15. The van der Waals surface area contributed by atoms with E-state index in [1.165, 1.54) is 15.6 Å². The number of halogens is 1. The van der Waals surface area contributed by atoms with Crippen molar-refractivity contribution in [1.29, 1.82) is 0 Å². The zero-order chi connectivity index (χ0) is 19.3. The summed E-state index contributed by atoms with van der Waals surface area (Å²) in [5.74, 6) is 1.60. The summed E-state index contributed by atoms with van der Waals surface area (Å²) in [4.78, 5) is 18.4. The molecule has 1 saturated heterocycles. The van der Waals surface area contributed by atoms with E-state index in [0.717, 1.165) is 21.0 Å². The Hall–Kier alpha value is -0.940. The minimum Gasteiger partial charge on any atom is -0.340 e. The minimum absolute atomic E-state index is 0.0828. The Morgan fingerprint density at radius 3 is 2.59 bits per heavy atom. The lowest BCUT2D eigenvalue weighted by molar-refractivity contribution is -0.131. The van der Waals surface area contributed by atoms with Gasteiger partial charge in [-0.1, -0.05) is 6.07 Å². The number of hydrogen-bond acceptors (Lipinski definition) is 6. The summed E-state index contributed by atoms with van der Waals surface area (Å²) in [5.41, 5.74) is 1.01. The average molecular weight is 490 g/mol. The lowest BCUT2D eigenvalue weighted by Crippen LogP contribution is -2.50. The molecular weight excluding hydrogens is 470 g/mol. The van der Waals surface area contributed by atoms with Crippen molar-refractivity contribution in [3.05, 3.63) is 46.0 Å². The Kier molecular flexibility index (Phi) is 7.32. The molecular formula is C17H20BrN3O3S3. The van der Waals surface area contributed by atoms with Crippen molar-refractivity contribution in [3.63, 3.8) is 0 Å². The molecule has 3 rings (SSSR count). The van der Waals surface area contributed by atoms with Crippen molar-refractivity contribution in [2.75, 3.05) is 31.9 Å². The molecule has 0 aliphatic carbocycles. The maximum absolute atomic E-state index is 12.6. The van der Waals surface area contributed by atoms with Gasteiger partial charge in [0, 0.05) is 50.3 Å². The molecule has 0 unspecified atom stereocenters. The lowest BCUT2D eigenvalue weighted by atomic mass is 10.3. The fourth-order valence-electron chi connectivity index (χ4n) is 2.72. The molecule has 0 spiro atoms. The van der Waals surface area contributed by atoms with E-state index in [-0.39, 0.29) is 5.91 Å². The van der Waals surface area contributed by atoms with Crippen molar-refractivity contribution in [3.8, 4) is 0 Å². The summed E-state index contributed by atoms with van der Waals surface area (Å²) >= 11 is 6.19. The number of aromatic nitrogens is 1. The van der Waals surface area contributed by atoms with E-state index in [2.05, 4.69) is 20.9 Å². The van der Waals surface area contributed by atoms with Gasteiger partial charge >= 0.3 is 0 Å². The minimum atomic E-state index is -3.47. The molecule has 10 heteroatoms. The molecule has 0 radical (unpaired) electrons. The highest BCUT2D eigenvalue weighted by atomic mass is 79.9. The first kappa shape index (κ1) is 20.8. The van der Waals surface area contributed by atoms with Crippen molar-refractivity contribution in [2.45, 2.75) is 16.4 Å². The summed E-state index contributed by atoms with van der Waals surface area (Å²) < 4.78 is 27.8. The standard InChI is InChI=1S/C17H20BrN3O3S3/c18-15-4-5-17(26-15)27(23,24)21-10-8-20(9-11-21)16(22)6-12-25-13-14-3-1-2-7-19-14/h1-5,7H,6,8-13H2. The van der Waals surface area contributed by atoms with Gasteiger partial charge in [0.1, 0.15) is 4.21 Å². The molecule has 3 heterocycles. The molecule has 1 fully saturated rings. The molecule has 0 N–H and O–H groups in total. The predicted octanol–water partition coefficient (Wildman–Crippen LogP) is 3.06. The van der Waals surface area contributed by atoms with Crippen LogP contribution in [0.25, 0.3) is 0 Å². The second-order valence-electron chi connectivity index (χ2n) is 5.97. The molecule has 1 aliphatic rings. The highest BCUT2D eigenvalue weighted by Crippen LogP contribution is 2.29. The van der Waals surface area contributed by atoms with E-state index in [0.29, 0.717) is 36.8 Å². The molecule has 0 aromatic carbocycles. The van der Waals surface area contributed by atoms with Crippen LogP contribution in [0.1, 0.15) is 12.1 Å². The number of amides is 1. The van der Waals surface area contributed by atoms with Crippen LogP contribution < -0.4 is 0 Å². The Balaban J connectivity index is 1.42. The predicted molar refractivity (Wildman–Crippen MR) is 112 cm³/mol. The number of rotatable bonds is 7. The van der Waals surface area contributed by atoms with Crippen LogP contribution in [0.2, 0.25) is 0 Å². The largest absolute Gasteiger partial charge is 0.340 e. The molecule has 1 amide bonds. The quantitative estimate of drug-likeness (QED) is 0.558. The topological polar surface area (TPSA) is 70.6 Å². The second-order valence-corrected chi connectivity index (χ2v) is 11.7. The number of hydrogen-bond donors (Lipinski definition) is 0. The van der Waals surface area contributed by atoms with Gasteiger partial charge in [-0.3, -0.25) is 9.78 Å². The van der Waals surface area contributed by atoms with Crippen LogP contribution in [0.5, 0.6) is 0 Å². The monoisotopic (exact) mass is 489 g/mol. The van der Waals surface area contributed by atoms with Crippen LogP contribution in [0, 0.1) is 0 Å². The molecule has 6 nitrogen and oxygen atoms in total. The van der Waals surface area contributed by atoms with Crippen molar-refractivity contribution in [1.82, 2.24) is 14.2 Å². The van der Waals surface area contributed by atoms with Gasteiger partial charge < -0.3 is 4.90 Å². The second kappa shape index (κ2) is 9.51. The zero-order valence-electron chi connectivity index (χ0n) is 14.6. The van der Waals surface area contributed by atoms with E-state index >= 15 is 0 Å². The van der Waals surface area contributed by atoms with E-state index in [1.54, 1.807) is 35.0 Å². The van der Waals surface area contributed by atoms with Crippen LogP contribution in [0.3, 0.4) is 0 Å². The van der Waals surface area contributed by atoms with Gasteiger partial charge in [0.15, 0.2) is 0 Å². The first-order valence-electron chi connectivity index (χ1n) is 8.48. The Bertz CT molecular complexity index is 866. The van der Waals surface area contributed by atoms with Gasteiger partial charge in [0.2, 0.25) is 5.91 Å². The third-order valence-corrected chi connectivity index (χ3v) is 9.15. The van der Waals surface area contributed by atoms with Gasteiger partial charge in [-0.25, -0.2) is 8.42 Å². The molecule has 2 aromatic heterocycles. The zero-order valence-corrected chi connectivity index (χ0v) is 18.6. The number of sulfonamides is 1. The average Bonchev–Trinajstić information content (AvgIpc) is 3.13. The van der Waals surface area contributed by atoms with E-state index < -0.39 is 10.0 Å². The van der Waals surface area contributed by atoms with Gasteiger partial charge in [-0.2, -0.15) is 16.1 Å². The molecule has 0 atom stereocenters. The SMILES string of the molecule is O=C(CCSCc1ccccn1)N1CCN(S(=O)(=O)c2ccc(Br)s2)CC1. The smallest absolute Gasteiger partial charge is 0.252 e. The third-order valence-electron chi connectivity index (χ3n) is 4.17. The van der Waals surface area contributed by atoms with Crippen LogP contribution in [0.15, 0.2) is 44.5 Å². The molecule has 2 aromatic rings. The Labute approximate surface area is 176 Å². The Morgan fingerprint density at radius 2 is 1.96 bits per heavy atom. The van der Waals surface area contributed by atoms with Crippen LogP contribution in [-0.4, -0.2) is 60.4 Å². The van der Waals surface area contributed by atoms with Crippen molar-refractivity contribution in [2.24, 2.45) is 0 Å². The first-order valence-corrected chi connectivity index (χ1v) is 12.7. The van der Waals surface area contributed by atoms with Gasteiger partial charge in [0.05, 0.1) is 9.48 Å². The van der Waals surface area contributed by atoms with E-state index in [9.17, 15) is 13.2 Å². The summed E-state index contributed by atoms with van der Waals surface area (Å²) in [6.45, 7) is 1.56. The van der Waals surface area contributed by atoms with Gasteiger partial charge in [-0.05, 0) is 40.2 Å². The summed E-state index contributed by atoms with van der Waals surface area (Å²) in [6.07, 6.45) is 2.23. The van der Waals surface area contributed by atoms with Crippen molar-refractivity contribution >= 4 is 55.0 Å². The van der Waals surface area contributed by atoms with E-state index in [1.807, 2.05) is 18.2 Å². The molecule has 27 heavy (non-hydrogen) atoms. The van der Waals surface area contributed by atoms with Crippen LogP contribution >= 0.6 is 39.0 Å². The number of carbonyl (C=O) groups is 1. The molecule has 0 bridgehead atoms. The highest BCUT2D eigenvalue weighted by Gasteiger charge is 2.30. The highest BCUT2D eigenvalue weighted by molar-refractivity contribution is 9.11. The maximum Gasteiger partial charge on any atom is 0.252 e. The summed E-state index contributed by atoms with van der Waals surface area (Å²) in [6, 6.07) is 9.16. The van der Waals surface area contributed by atoms with Crippen molar-refractivity contribution < 1.29 is 13.2 Å². The first-order chi connectivity index (χ1) is 13.0. The maximum atomic E-state index is 12.6. The number of thiophene rings is 1. The number of thioether (sulfide) groups is 1. The number of piperazine rings is 1. The summed E-state index contributed by atoms with van der Waals surface area (Å²) in [7, 11) is -3.47. The van der Waals surface area contributed by atoms with E-state index in [4.69, 9.17) is 0 Å². The number of carbonyl (C=O) groups excluding carboxylic acids is 1. The molecule has 1 aliphatic heterocycles. The van der Waals surface area contributed by atoms with Gasteiger partial charge in [-0.15, -0.1) is 11.3 Å².